The van der Waals surface area contributed by atoms with Crippen LogP contribution in [-0.4, -0.2) is 29.8 Å². The van der Waals surface area contributed by atoms with Crippen molar-refractivity contribution in [1.29, 1.82) is 0 Å². The molecular formula is C9H15N2O2+. The maximum absolute atomic E-state index is 11.6. The SMILES string of the molecule is CN1C(=O)[C@H]2CC[C@@H]([NH3+])C[C@@H]2C1=O. The van der Waals surface area contributed by atoms with Crippen molar-refractivity contribution in [2.45, 2.75) is 25.3 Å². The molecule has 1 saturated heterocycles. The number of hydrogen-bond acceptors (Lipinski definition) is 2. The second-order valence-electron chi connectivity index (χ2n) is 4.13. The normalized spacial score (nSPS) is 39.5. The molecule has 2 aliphatic rings. The summed E-state index contributed by atoms with van der Waals surface area (Å²) in [7, 11) is 1.58. The minimum Gasteiger partial charge on any atom is -0.355 e. The van der Waals surface area contributed by atoms with Crippen molar-refractivity contribution in [1.82, 2.24) is 4.90 Å². The van der Waals surface area contributed by atoms with Crippen LogP contribution in [-0.2, 0) is 9.59 Å². The molecule has 1 heterocycles. The first kappa shape index (κ1) is 8.69. The Hall–Kier alpha value is -0.900. The molecule has 0 aromatic rings. The van der Waals surface area contributed by atoms with Crippen LogP contribution in [0.25, 0.3) is 0 Å². The first-order chi connectivity index (χ1) is 6.11. The van der Waals surface area contributed by atoms with Crippen molar-refractivity contribution in [3.8, 4) is 0 Å². The molecule has 0 aromatic carbocycles. The number of fused-ring (bicyclic) bond motifs is 1. The minimum atomic E-state index is -0.0613. The molecule has 0 aromatic heterocycles. The van der Waals surface area contributed by atoms with E-state index in [0.29, 0.717) is 6.04 Å². The molecule has 0 bridgehead atoms. The van der Waals surface area contributed by atoms with E-state index in [9.17, 15) is 9.59 Å². The highest BCUT2D eigenvalue weighted by Gasteiger charge is 2.48. The number of carbonyl (C=O) groups is 2. The molecule has 1 saturated carbocycles. The van der Waals surface area contributed by atoms with Crippen LogP contribution >= 0.6 is 0 Å². The second kappa shape index (κ2) is 2.80. The molecule has 0 unspecified atom stereocenters. The van der Waals surface area contributed by atoms with E-state index in [-0.39, 0.29) is 23.7 Å². The Labute approximate surface area is 77.1 Å². The Balaban J connectivity index is 2.22. The Morgan fingerprint density at radius 2 is 1.85 bits per heavy atom. The molecule has 0 radical (unpaired) electrons. The Morgan fingerprint density at radius 1 is 1.23 bits per heavy atom. The summed E-state index contributed by atoms with van der Waals surface area (Å²) >= 11 is 0. The molecule has 3 atom stereocenters. The zero-order chi connectivity index (χ0) is 9.59. The van der Waals surface area contributed by atoms with Crippen molar-refractivity contribution in [2.24, 2.45) is 11.8 Å². The molecule has 1 aliphatic carbocycles. The lowest BCUT2D eigenvalue weighted by molar-refractivity contribution is -0.427. The van der Waals surface area contributed by atoms with Crippen molar-refractivity contribution in [2.75, 3.05) is 7.05 Å². The van der Waals surface area contributed by atoms with Crippen molar-refractivity contribution in [3.05, 3.63) is 0 Å². The van der Waals surface area contributed by atoms with E-state index < -0.39 is 0 Å². The van der Waals surface area contributed by atoms with Gasteiger partial charge in [0.25, 0.3) is 0 Å². The van der Waals surface area contributed by atoms with Gasteiger partial charge in [-0.3, -0.25) is 14.5 Å². The monoisotopic (exact) mass is 183 g/mol. The van der Waals surface area contributed by atoms with Crippen molar-refractivity contribution >= 4 is 11.8 Å². The summed E-state index contributed by atoms with van der Waals surface area (Å²) in [5.74, 6) is -0.0745. The summed E-state index contributed by atoms with van der Waals surface area (Å²) in [6.45, 7) is 0. The third kappa shape index (κ3) is 1.16. The van der Waals surface area contributed by atoms with Gasteiger partial charge in [-0.25, -0.2) is 0 Å². The highest BCUT2D eigenvalue weighted by Crippen LogP contribution is 2.36. The van der Waals surface area contributed by atoms with Gasteiger partial charge in [-0.05, 0) is 6.42 Å². The second-order valence-corrected chi connectivity index (χ2v) is 4.13. The lowest BCUT2D eigenvalue weighted by Gasteiger charge is -2.23. The number of carbonyl (C=O) groups excluding carboxylic acids is 2. The zero-order valence-electron chi connectivity index (χ0n) is 7.82. The van der Waals surface area contributed by atoms with Crippen molar-refractivity contribution < 1.29 is 15.3 Å². The summed E-state index contributed by atoms with van der Waals surface area (Å²) in [4.78, 5) is 24.4. The first-order valence-corrected chi connectivity index (χ1v) is 4.75. The Kier molecular flexibility index (Phi) is 1.87. The maximum Gasteiger partial charge on any atom is 0.233 e. The maximum atomic E-state index is 11.6. The summed E-state index contributed by atoms with van der Waals surface area (Å²) in [6, 6.07) is 0.351. The third-order valence-corrected chi connectivity index (χ3v) is 3.25. The standard InChI is InChI=1S/C9H14N2O2/c1-11-8(12)6-3-2-5(10)4-7(6)9(11)13/h5-7H,2-4,10H2,1H3/p+1/t5-,6+,7+/m1/s1. The third-order valence-electron chi connectivity index (χ3n) is 3.25. The van der Waals surface area contributed by atoms with Crippen LogP contribution in [0.1, 0.15) is 19.3 Å². The minimum absolute atomic E-state index is 0.00310. The van der Waals surface area contributed by atoms with Gasteiger partial charge in [0.1, 0.15) is 0 Å². The highest BCUT2D eigenvalue weighted by molar-refractivity contribution is 6.04. The fourth-order valence-corrected chi connectivity index (χ4v) is 2.43. The molecule has 4 nitrogen and oxygen atoms in total. The number of hydrogen-bond donors (Lipinski definition) is 1. The predicted molar refractivity (Wildman–Crippen MR) is 45.3 cm³/mol. The molecule has 3 N–H and O–H groups in total. The molecule has 4 heteroatoms. The van der Waals surface area contributed by atoms with Crippen LogP contribution in [0.5, 0.6) is 0 Å². The van der Waals surface area contributed by atoms with Gasteiger partial charge >= 0.3 is 0 Å². The average Bonchev–Trinajstić information content (AvgIpc) is 2.32. The number of likely N-dealkylation sites (tertiary alicyclic amines) is 1. The number of amides is 2. The summed E-state index contributed by atoms with van der Waals surface area (Å²) in [5.41, 5.74) is 3.96. The summed E-state index contributed by atoms with van der Waals surface area (Å²) in [5, 5.41) is 0. The van der Waals surface area contributed by atoms with E-state index in [2.05, 4.69) is 5.73 Å². The van der Waals surface area contributed by atoms with Gasteiger partial charge in [0.15, 0.2) is 0 Å². The van der Waals surface area contributed by atoms with E-state index in [1.807, 2.05) is 0 Å². The largest absolute Gasteiger partial charge is 0.355 e. The highest BCUT2D eigenvalue weighted by atomic mass is 16.2. The van der Waals surface area contributed by atoms with Crippen molar-refractivity contribution in [3.63, 3.8) is 0 Å². The smallest absolute Gasteiger partial charge is 0.233 e. The first-order valence-electron chi connectivity index (χ1n) is 4.75. The van der Waals surface area contributed by atoms with E-state index >= 15 is 0 Å². The van der Waals surface area contributed by atoms with Crippen LogP contribution < -0.4 is 5.73 Å². The van der Waals surface area contributed by atoms with Crippen LogP contribution in [0, 0.1) is 11.8 Å². The number of imide groups is 1. The van der Waals surface area contributed by atoms with Crippen LogP contribution in [0.2, 0.25) is 0 Å². The Morgan fingerprint density at radius 3 is 2.54 bits per heavy atom. The van der Waals surface area contributed by atoms with Gasteiger partial charge in [0.2, 0.25) is 11.8 Å². The van der Waals surface area contributed by atoms with E-state index in [1.165, 1.54) is 4.90 Å². The Bertz CT molecular complexity index is 264. The van der Waals surface area contributed by atoms with E-state index in [4.69, 9.17) is 0 Å². The number of nitrogens with zero attached hydrogens (tertiary/aromatic N) is 1. The van der Waals surface area contributed by atoms with Gasteiger partial charge in [0, 0.05) is 19.9 Å². The zero-order valence-corrected chi connectivity index (χ0v) is 7.82. The predicted octanol–water partition coefficient (Wildman–Crippen LogP) is -0.988. The summed E-state index contributed by atoms with van der Waals surface area (Å²) < 4.78 is 0. The molecule has 2 amide bonds. The van der Waals surface area contributed by atoms with Gasteiger partial charge in [0.05, 0.1) is 17.9 Å². The van der Waals surface area contributed by atoms with Gasteiger partial charge < -0.3 is 5.73 Å². The number of quaternary nitrogens is 1. The van der Waals surface area contributed by atoms with Gasteiger partial charge in [-0.1, -0.05) is 0 Å². The molecule has 2 rings (SSSR count). The lowest BCUT2D eigenvalue weighted by Crippen LogP contribution is -2.63. The summed E-state index contributed by atoms with van der Waals surface area (Å²) in [6.07, 6.45) is 2.61. The molecule has 2 fully saturated rings. The van der Waals surface area contributed by atoms with E-state index in [1.54, 1.807) is 7.05 Å². The lowest BCUT2D eigenvalue weighted by atomic mass is 9.79. The average molecular weight is 183 g/mol. The quantitative estimate of drug-likeness (QED) is 0.490. The molecule has 13 heavy (non-hydrogen) atoms. The molecule has 0 spiro atoms. The molecule has 1 aliphatic heterocycles. The molecule has 72 valence electrons. The van der Waals surface area contributed by atoms with Crippen LogP contribution in [0.4, 0.5) is 0 Å². The fourth-order valence-electron chi connectivity index (χ4n) is 2.43. The van der Waals surface area contributed by atoms with Gasteiger partial charge in [-0.15, -0.1) is 0 Å². The topological polar surface area (TPSA) is 65.0 Å². The molecular weight excluding hydrogens is 168 g/mol. The fraction of sp³-hybridized carbons (Fsp3) is 0.778. The van der Waals surface area contributed by atoms with E-state index in [0.717, 1.165) is 19.3 Å². The van der Waals surface area contributed by atoms with Crippen LogP contribution in [0.15, 0.2) is 0 Å². The van der Waals surface area contributed by atoms with Gasteiger partial charge in [-0.2, -0.15) is 0 Å². The van der Waals surface area contributed by atoms with Crippen LogP contribution in [0.3, 0.4) is 0 Å². The number of rotatable bonds is 0.